The van der Waals surface area contributed by atoms with E-state index in [2.05, 4.69) is 13.8 Å². The molecule has 0 saturated heterocycles. The molecule has 0 spiro atoms. The number of carbonyl (C=O) groups is 3. The highest BCUT2D eigenvalue weighted by molar-refractivity contribution is 6.17. The van der Waals surface area contributed by atoms with Gasteiger partial charge in [0.25, 0.3) is 0 Å². The van der Waals surface area contributed by atoms with E-state index in [0.717, 1.165) is 51.4 Å². The van der Waals surface area contributed by atoms with Crippen molar-refractivity contribution in [3.05, 3.63) is 0 Å². The summed E-state index contributed by atoms with van der Waals surface area (Å²) in [6.45, 7) is 7.91. The summed E-state index contributed by atoms with van der Waals surface area (Å²) in [5, 5.41) is 0. The molecule has 4 fully saturated rings. The molecule has 0 unspecified atom stereocenters. The highest BCUT2D eigenvalue weighted by Crippen LogP contribution is 2.69. The van der Waals surface area contributed by atoms with Gasteiger partial charge in [-0.3, -0.25) is 4.79 Å². The van der Waals surface area contributed by atoms with E-state index in [0.29, 0.717) is 24.2 Å². The van der Waals surface area contributed by atoms with Crippen molar-refractivity contribution >= 4 is 29.7 Å². The Labute approximate surface area is 207 Å². The maximum Gasteiger partial charge on any atom is 0.509 e. The van der Waals surface area contributed by atoms with Crippen molar-refractivity contribution in [1.29, 1.82) is 0 Å². The summed E-state index contributed by atoms with van der Waals surface area (Å²) in [7, 11) is 0. The first-order chi connectivity index (χ1) is 16.1. The van der Waals surface area contributed by atoms with Crippen molar-refractivity contribution in [3.8, 4) is 0 Å². The molecule has 4 rings (SSSR count). The predicted octanol–water partition coefficient (Wildman–Crippen LogP) is 5.61. The van der Waals surface area contributed by atoms with E-state index < -0.39 is 23.1 Å². The zero-order valence-corrected chi connectivity index (χ0v) is 21.7. The average Bonchev–Trinajstić information content (AvgIpc) is 3.07. The van der Waals surface area contributed by atoms with Gasteiger partial charge < -0.3 is 18.9 Å². The average molecular weight is 499 g/mol. The lowest BCUT2D eigenvalue weighted by atomic mass is 9.44. The van der Waals surface area contributed by atoms with Crippen LogP contribution in [0.1, 0.15) is 85.5 Å². The van der Waals surface area contributed by atoms with Crippen LogP contribution >= 0.6 is 11.6 Å². The Balaban J connectivity index is 1.59. The molecular weight excluding hydrogens is 460 g/mol. The number of alkyl halides is 1. The van der Waals surface area contributed by atoms with Crippen LogP contribution in [0.4, 0.5) is 4.79 Å². The molecule has 34 heavy (non-hydrogen) atoms. The van der Waals surface area contributed by atoms with Gasteiger partial charge in [-0.2, -0.15) is 0 Å². The monoisotopic (exact) mass is 498 g/mol. The molecule has 4 saturated carbocycles. The summed E-state index contributed by atoms with van der Waals surface area (Å²) in [6.07, 6.45) is 7.30. The lowest BCUT2D eigenvalue weighted by molar-refractivity contribution is -0.196. The molecule has 7 nitrogen and oxygen atoms in total. The Hall–Kier alpha value is -1.50. The van der Waals surface area contributed by atoms with Gasteiger partial charge in [0.1, 0.15) is 6.10 Å². The molecule has 0 aliphatic heterocycles. The molecule has 0 heterocycles. The smallest absolute Gasteiger partial charge is 0.463 e. The van der Waals surface area contributed by atoms with Crippen LogP contribution in [-0.2, 0) is 28.5 Å². The zero-order chi connectivity index (χ0) is 24.7. The minimum absolute atomic E-state index is 0.0309. The third-order valence-corrected chi connectivity index (χ3v) is 10.2. The van der Waals surface area contributed by atoms with E-state index in [4.69, 9.17) is 30.5 Å². The van der Waals surface area contributed by atoms with Gasteiger partial charge in [-0.25, -0.2) is 9.59 Å². The van der Waals surface area contributed by atoms with Crippen molar-refractivity contribution in [2.45, 2.75) is 97.2 Å². The van der Waals surface area contributed by atoms with Crippen molar-refractivity contribution in [2.75, 3.05) is 12.7 Å². The number of ether oxygens (including phenoxy) is 4. The number of halogens is 1. The summed E-state index contributed by atoms with van der Waals surface area (Å²) >= 11 is 5.76. The molecule has 8 heteroatoms. The van der Waals surface area contributed by atoms with Crippen molar-refractivity contribution < 1.29 is 33.3 Å². The quantitative estimate of drug-likeness (QED) is 0.276. The molecule has 0 aromatic rings. The Morgan fingerprint density at radius 3 is 2.35 bits per heavy atom. The Bertz CT molecular complexity index is 817. The van der Waals surface area contributed by atoms with Gasteiger partial charge in [-0.15, -0.1) is 0 Å². The van der Waals surface area contributed by atoms with Crippen molar-refractivity contribution in [3.63, 3.8) is 0 Å². The van der Waals surface area contributed by atoms with Crippen LogP contribution in [0.15, 0.2) is 0 Å². The SMILES string of the molecule is CCOC(=O)O[C@]1(C(=O)OCCl)CC[C@H]2[C@@H]3CC[C@H]4C[C@@H](OC(C)=O)CC[C@]4(C)[C@H]3CC[C@@]21C. The van der Waals surface area contributed by atoms with E-state index in [-0.39, 0.29) is 36.1 Å². The highest BCUT2D eigenvalue weighted by Gasteiger charge is 2.70. The second kappa shape index (κ2) is 9.51. The van der Waals surface area contributed by atoms with Crippen molar-refractivity contribution in [2.24, 2.45) is 34.5 Å². The van der Waals surface area contributed by atoms with Gasteiger partial charge in [0.2, 0.25) is 5.60 Å². The maximum absolute atomic E-state index is 13.3. The Morgan fingerprint density at radius 1 is 0.941 bits per heavy atom. The van der Waals surface area contributed by atoms with E-state index in [1.165, 1.54) is 6.92 Å². The zero-order valence-electron chi connectivity index (χ0n) is 20.9. The van der Waals surface area contributed by atoms with Crippen LogP contribution in [0.5, 0.6) is 0 Å². The predicted molar refractivity (Wildman–Crippen MR) is 125 cm³/mol. The molecule has 0 bridgehead atoms. The first-order valence-corrected chi connectivity index (χ1v) is 13.4. The van der Waals surface area contributed by atoms with Crippen LogP contribution in [-0.4, -0.2) is 42.5 Å². The van der Waals surface area contributed by atoms with Gasteiger partial charge >= 0.3 is 18.1 Å². The molecule has 0 radical (unpaired) electrons. The first-order valence-electron chi connectivity index (χ1n) is 12.9. The van der Waals surface area contributed by atoms with E-state index in [1.54, 1.807) is 6.92 Å². The maximum atomic E-state index is 13.3. The minimum Gasteiger partial charge on any atom is -0.463 e. The summed E-state index contributed by atoms with van der Waals surface area (Å²) in [6, 6.07) is -0.275. The van der Waals surface area contributed by atoms with Crippen molar-refractivity contribution in [1.82, 2.24) is 0 Å². The summed E-state index contributed by atoms with van der Waals surface area (Å²) in [4.78, 5) is 37.2. The van der Waals surface area contributed by atoms with Crippen LogP contribution in [0.3, 0.4) is 0 Å². The number of esters is 2. The second-order valence-corrected chi connectivity index (χ2v) is 11.5. The lowest BCUT2D eigenvalue weighted by Crippen LogP contribution is -2.60. The van der Waals surface area contributed by atoms with Gasteiger partial charge in [0.05, 0.1) is 6.61 Å². The summed E-state index contributed by atoms with van der Waals surface area (Å²) < 4.78 is 21.8. The van der Waals surface area contributed by atoms with Gasteiger partial charge in [0.15, 0.2) is 6.07 Å². The Kier molecular flexibility index (Phi) is 7.16. The number of carbonyl (C=O) groups excluding carboxylic acids is 3. The molecule has 0 aromatic heterocycles. The fourth-order valence-electron chi connectivity index (χ4n) is 8.56. The standard InChI is InChI=1S/C26H39ClO7/c1-5-31-23(30)34-26(22(29)32-15-27)13-10-21-19-7-6-17-14-18(33-16(2)28)8-11-24(17,3)20(19)9-12-25(21,26)4/h17-21H,5-15H2,1-4H3/t17-,18-,19+,20-,21-,24-,25-,26-/m0/s1. The molecule has 4 aliphatic carbocycles. The van der Waals surface area contributed by atoms with Gasteiger partial charge in [-0.1, -0.05) is 25.4 Å². The van der Waals surface area contributed by atoms with Crippen LogP contribution in [0.25, 0.3) is 0 Å². The molecule has 0 aromatic carbocycles. The van der Waals surface area contributed by atoms with E-state index >= 15 is 0 Å². The Morgan fingerprint density at radius 2 is 1.68 bits per heavy atom. The first kappa shape index (κ1) is 25.6. The number of fused-ring (bicyclic) bond motifs is 5. The fraction of sp³-hybridized carbons (Fsp3) is 0.885. The molecule has 192 valence electrons. The van der Waals surface area contributed by atoms with Crippen LogP contribution < -0.4 is 0 Å². The third kappa shape index (κ3) is 4.00. The van der Waals surface area contributed by atoms with Gasteiger partial charge in [-0.05, 0) is 93.8 Å². The summed E-state index contributed by atoms with van der Waals surface area (Å²) in [5.41, 5.74) is -1.69. The lowest BCUT2D eigenvalue weighted by Gasteiger charge is -2.61. The molecule has 0 N–H and O–H groups in total. The molecule has 0 amide bonds. The second-order valence-electron chi connectivity index (χ2n) is 11.3. The number of rotatable bonds is 5. The van der Waals surface area contributed by atoms with Crippen LogP contribution in [0.2, 0.25) is 0 Å². The van der Waals surface area contributed by atoms with E-state index in [1.807, 2.05) is 0 Å². The largest absolute Gasteiger partial charge is 0.509 e. The third-order valence-electron chi connectivity index (χ3n) is 10.1. The van der Waals surface area contributed by atoms with Gasteiger partial charge in [0, 0.05) is 12.3 Å². The summed E-state index contributed by atoms with van der Waals surface area (Å²) in [5.74, 6) is 1.06. The highest BCUT2D eigenvalue weighted by atomic mass is 35.5. The number of hydrogen-bond donors (Lipinski definition) is 0. The normalized spacial score (nSPS) is 43.0. The molecule has 4 aliphatic rings. The number of hydrogen-bond acceptors (Lipinski definition) is 7. The molecular formula is C26H39ClO7. The van der Waals surface area contributed by atoms with Crippen LogP contribution in [0, 0.1) is 34.5 Å². The van der Waals surface area contributed by atoms with E-state index in [9.17, 15) is 14.4 Å². The minimum atomic E-state index is -1.37. The topological polar surface area (TPSA) is 88.1 Å². The molecule has 8 atom stereocenters. The fourth-order valence-corrected chi connectivity index (χ4v) is 8.66.